The van der Waals surface area contributed by atoms with Crippen LogP contribution in [0, 0.1) is 0 Å². The lowest BCUT2D eigenvalue weighted by atomic mass is 10.00. The van der Waals surface area contributed by atoms with Crippen molar-refractivity contribution in [2.45, 2.75) is 38.8 Å². The van der Waals surface area contributed by atoms with Crippen LogP contribution in [0.4, 0.5) is 0 Å². The third-order valence-electron chi connectivity index (χ3n) is 4.26. The van der Waals surface area contributed by atoms with Gasteiger partial charge in [0.1, 0.15) is 0 Å². The van der Waals surface area contributed by atoms with Gasteiger partial charge in [0.2, 0.25) is 0 Å². The molecule has 0 amide bonds. The molecule has 2 fully saturated rings. The summed E-state index contributed by atoms with van der Waals surface area (Å²) in [6, 6.07) is 0. The van der Waals surface area contributed by atoms with Crippen LogP contribution in [-0.4, -0.2) is 73.9 Å². The fourth-order valence-electron chi connectivity index (χ4n) is 3.09. The Balaban J connectivity index is 1.86. The Morgan fingerprint density at radius 1 is 1.22 bits per heavy atom. The molecule has 0 aliphatic carbocycles. The van der Waals surface area contributed by atoms with E-state index in [0.29, 0.717) is 6.10 Å². The van der Waals surface area contributed by atoms with Gasteiger partial charge in [-0.3, -0.25) is 9.80 Å². The first-order valence-corrected chi connectivity index (χ1v) is 7.41. The van der Waals surface area contributed by atoms with Crippen LogP contribution in [0.2, 0.25) is 0 Å². The molecular formula is C14H29N3O. The van der Waals surface area contributed by atoms with Gasteiger partial charge < -0.3 is 10.1 Å². The smallest absolute Gasteiger partial charge is 0.0700 e. The highest BCUT2D eigenvalue weighted by atomic mass is 16.5. The highest BCUT2D eigenvalue weighted by molar-refractivity contribution is 4.88. The Morgan fingerprint density at radius 2 is 1.94 bits per heavy atom. The van der Waals surface area contributed by atoms with Gasteiger partial charge in [-0.2, -0.15) is 0 Å². The number of hydrogen-bond acceptors (Lipinski definition) is 4. The number of ether oxygens (including phenoxy) is 1. The van der Waals surface area contributed by atoms with Gasteiger partial charge in [-0.15, -0.1) is 0 Å². The minimum absolute atomic E-state index is 0.276. The average molecular weight is 255 g/mol. The van der Waals surface area contributed by atoms with Crippen molar-refractivity contribution in [2.75, 3.05) is 52.4 Å². The molecular weight excluding hydrogens is 226 g/mol. The highest BCUT2D eigenvalue weighted by Gasteiger charge is 2.31. The van der Waals surface area contributed by atoms with Gasteiger partial charge in [0.05, 0.1) is 12.7 Å². The van der Waals surface area contributed by atoms with Crippen LogP contribution in [0.5, 0.6) is 0 Å². The van der Waals surface area contributed by atoms with Crippen molar-refractivity contribution in [3.8, 4) is 0 Å². The Kier molecular flexibility index (Phi) is 5.01. The first-order chi connectivity index (χ1) is 8.62. The molecule has 2 aliphatic heterocycles. The monoisotopic (exact) mass is 255 g/mol. The second-order valence-corrected chi connectivity index (χ2v) is 6.19. The number of morpholine rings is 1. The Morgan fingerprint density at radius 3 is 2.61 bits per heavy atom. The van der Waals surface area contributed by atoms with Crippen molar-refractivity contribution in [3.63, 3.8) is 0 Å². The summed E-state index contributed by atoms with van der Waals surface area (Å²) in [4.78, 5) is 5.21. The van der Waals surface area contributed by atoms with E-state index in [1.54, 1.807) is 0 Å². The maximum atomic E-state index is 5.75. The summed E-state index contributed by atoms with van der Waals surface area (Å²) in [7, 11) is 0. The lowest BCUT2D eigenvalue weighted by Crippen LogP contribution is -2.59. The van der Waals surface area contributed by atoms with Gasteiger partial charge in [0, 0.05) is 51.4 Å². The van der Waals surface area contributed by atoms with Crippen molar-refractivity contribution in [3.05, 3.63) is 0 Å². The molecule has 18 heavy (non-hydrogen) atoms. The number of piperazine rings is 1. The van der Waals surface area contributed by atoms with E-state index in [4.69, 9.17) is 4.74 Å². The quantitative estimate of drug-likeness (QED) is 0.803. The molecule has 106 valence electrons. The maximum absolute atomic E-state index is 5.75. The van der Waals surface area contributed by atoms with Gasteiger partial charge in [-0.1, -0.05) is 6.92 Å². The summed E-state index contributed by atoms with van der Waals surface area (Å²) in [6.45, 7) is 15.8. The molecule has 1 unspecified atom stereocenters. The van der Waals surface area contributed by atoms with Crippen molar-refractivity contribution >= 4 is 0 Å². The fraction of sp³-hybridized carbons (Fsp3) is 1.00. The molecule has 4 nitrogen and oxygen atoms in total. The Labute approximate surface area is 112 Å². The van der Waals surface area contributed by atoms with E-state index in [9.17, 15) is 0 Å². The lowest BCUT2D eigenvalue weighted by Gasteiger charge is -2.45. The third-order valence-corrected chi connectivity index (χ3v) is 4.26. The Hall–Kier alpha value is -0.160. The molecule has 1 atom stereocenters. The van der Waals surface area contributed by atoms with Crippen molar-refractivity contribution in [1.82, 2.24) is 15.1 Å². The van der Waals surface area contributed by atoms with E-state index >= 15 is 0 Å². The van der Waals surface area contributed by atoms with Crippen molar-refractivity contribution in [2.24, 2.45) is 0 Å². The van der Waals surface area contributed by atoms with Crippen LogP contribution >= 0.6 is 0 Å². The van der Waals surface area contributed by atoms with E-state index in [0.717, 1.165) is 45.8 Å². The molecule has 2 rings (SSSR count). The van der Waals surface area contributed by atoms with E-state index in [2.05, 4.69) is 35.9 Å². The fourth-order valence-corrected chi connectivity index (χ4v) is 3.09. The highest BCUT2D eigenvalue weighted by Crippen LogP contribution is 2.19. The second kappa shape index (κ2) is 6.33. The van der Waals surface area contributed by atoms with E-state index in [1.165, 1.54) is 13.1 Å². The number of nitrogens with zero attached hydrogens (tertiary/aromatic N) is 2. The number of rotatable bonds is 4. The molecule has 0 aromatic heterocycles. The van der Waals surface area contributed by atoms with Gasteiger partial charge in [0.25, 0.3) is 0 Å². The van der Waals surface area contributed by atoms with E-state index in [1.807, 2.05) is 0 Å². The topological polar surface area (TPSA) is 27.7 Å². The van der Waals surface area contributed by atoms with Crippen LogP contribution in [0.1, 0.15) is 27.2 Å². The summed E-state index contributed by atoms with van der Waals surface area (Å²) in [5.74, 6) is 0. The molecule has 0 spiro atoms. The summed E-state index contributed by atoms with van der Waals surface area (Å²) in [5.41, 5.74) is 0.276. The van der Waals surface area contributed by atoms with Gasteiger partial charge in [0.15, 0.2) is 0 Å². The molecule has 2 heterocycles. The molecule has 0 aromatic rings. The van der Waals surface area contributed by atoms with Crippen LogP contribution < -0.4 is 5.32 Å². The van der Waals surface area contributed by atoms with Gasteiger partial charge in [-0.05, 0) is 20.3 Å². The zero-order valence-electron chi connectivity index (χ0n) is 12.2. The molecule has 0 saturated carbocycles. The van der Waals surface area contributed by atoms with E-state index in [-0.39, 0.29) is 5.54 Å². The summed E-state index contributed by atoms with van der Waals surface area (Å²) in [6.07, 6.45) is 1.57. The third kappa shape index (κ3) is 3.67. The molecule has 4 heteroatoms. The first-order valence-electron chi connectivity index (χ1n) is 7.41. The maximum Gasteiger partial charge on any atom is 0.0700 e. The van der Waals surface area contributed by atoms with Crippen molar-refractivity contribution in [1.29, 1.82) is 0 Å². The molecule has 0 radical (unpaired) electrons. The summed E-state index contributed by atoms with van der Waals surface area (Å²) >= 11 is 0. The number of hydrogen-bond donors (Lipinski definition) is 1. The molecule has 0 bridgehead atoms. The molecule has 0 aromatic carbocycles. The molecule has 2 aliphatic rings. The van der Waals surface area contributed by atoms with Gasteiger partial charge >= 0.3 is 0 Å². The number of nitrogens with one attached hydrogen (secondary N) is 1. The second-order valence-electron chi connectivity index (χ2n) is 6.19. The standard InChI is InChI=1S/C14H29N3O/c1-4-13-11-16(9-10-18-13)12-14(2,3)17-7-5-15-6-8-17/h13,15H,4-12H2,1-3H3. The predicted molar refractivity (Wildman–Crippen MR) is 75.0 cm³/mol. The zero-order valence-corrected chi connectivity index (χ0v) is 12.2. The summed E-state index contributed by atoms with van der Waals surface area (Å²) < 4.78 is 5.75. The zero-order chi connectivity index (χ0) is 13.0. The molecule has 1 N–H and O–H groups in total. The normalized spacial score (nSPS) is 28.5. The minimum Gasteiger partial charge on any atom is -0.376 e. The predicted octanol–water partition coefficient (Wildman–Crippen LogP) is 0.781. The van der Waals surface area contributed by atoms with Crippen molar-refractivity contribution < 1.29 is 4.74 Å². The van der Waals surface area contributed by atoms with E-state index < -0.39 is 0 Å². The Bertz CT molecular complexity index is 251. The van der Waals surface area contributed by atoms with Gasteiger partial charge in [-0.25, -0.2) is 0 Å². The van der Waals surface area contributed by atoms with Crippen LogP contribution in [-0.2, 0) is 4.74 Å². The van der Waals surface area contributed by atoms with Crippen LogP contribution in [0.25, 0.3) is 0 Å². The van der Waals surface area contributed by atoms with Crippen LogP contribution in [0.15, 0.2) is 0 Å². The average Bonchev–Trinajstić information content (AvgIpc) is 2.39. The summed E-state index contributed by atoms with van der Waals surface area (Å²) in [5, 5.41) is 3.43. The SMILES string of the molecule is CCC1CN(CC(C)(C)N2CCNCC2)CCO1. The largest absolute Gasteiger partial charge is 0.376 e. The minimum atomic E-state index is 0.276. The first kappa shape index (κ1) is 14.3. The van der Waals surface area contributed by atoms with Crippen LogP contribution in [0.3, 0.4) is 0 Å². The lowest BCUT2D eigenvalue weighted by molar-refractivity contribution is -0.0473. The molecule has 2 saturated heterocycles.